The summed E-state index contributed by atoms with van der Waals surface area (Å²) < 4.78 is 44.4. The lowest BCUT2D eigenvalue weighted by molar-refractivity contribution is -0.119. The molecule has 0 heterocycles. The summed E-state index contributed by atoms with van der Waals surface area (Å²) >= 11 is 0. The van der Waals surface area contributed by atoms with Crippen molar-refractivity contribution in [2.45, 2.75) is 13.5 Å². The van der Waals surface area contributed by atoms with E-state index in [1.807, 2.05) is 0 Å². The number of esters is 1. The predicted octanol–water partition coefficient (Wildman–Crippen LogP) is 3.49. The molecule has 0 spiro atoms. The number of alkyl halides is 2. The maximum atomic E-state index is 12.4. The third-order valence-corrected chi connectivity index (χ3v) is 3.38. The van der Waals surface area contributed by atoms with E-state index in [4.69, 9.17) is 14.2 Å². The molecule has 28 heavy (non-hydrogen) atoms. The van der Waals surface area contributed by atoms with Gasteiger partial charge in [0.25, 0.3) is 5.91 Å². The number of rotatable bonds is 9. The molecule has 0 bridgehead atoms. The van der Waals surface area contributed by atoms with E-state index in [0.29, 0.717) is 11.4 Å². The van der Waals surface area contributed by atoms with Crippen molar-refractivity contribution in [1.29, 1.82) is 0 Å². The van der Waals surface area contributed by atoms with E-state index in [0.717, 1.165) is 0 Å². The maximum Gasteiger partial charge on any atom is 0.387 e. The van der Waals surface area contributed by atoms with Crippen LogP contribution < -0.4 is 19.5 Å². The molecule has 0 radical (unpaired) electrons. The molecular weight excluding hydrogens is 376 g/mol. The molecule has 1 N–H and O–H groups in total. The van der Waals surface area contributed by atoms with Gasteiger partial charge in [0, 0.05) is 11.8 Å². The number of carbonyl (C=O) groups excluding carboxylic acids is 2. The normalized spacial score (nSPS) is 10.3. The van der Waals surface area contributed by atoms with Crippen LogP contribution >= 0.6 is 0 Å². The van der Waals surface area contributed by atoms with E-state index in [1.165, 1.54) is 25.3 Å². The van der Waals surface area contributed by atoms with Crippen LogP contribution in [0.25, 0.3) is 0 Å². The summed E-state index contributed by atoms with van der Waals surface area (Å²) in [6.07, 6.45) is 0. The number of methoxy groups -OCH3 is 1. The summed E-state index contributed by atoms with van der Waals surface area (Å²) in [6, 6.07) is 10.3. The highest BCUT2D eigenvalue weighted by Crippen LogP contribution is 2.30. The van der Waals surface area contributed by atoms with Crippen molar-refractivity contribution in [2.75, 3.05) is 25.6 Å². The zero-order valence-corrected chi connectivity index (χ0v) is 15.2. The smallest absolute Gasteiger partial charge is 0.387 e. The Morgan fingerprint density at radius 2 is 1.89 bits per heavy atom. The first-order valence-corrected chi connectivity index (χ1v) is 8.25. The van der Waals surface area contributed by atoms with Crippen molar-refractivity contribution in [3.8, 4) is 17.2 Å². The molecule has 150 valence electrons. The van der Waals surface area contributed by atoms with Gasteiger partial charge in [-0.25, -0.2) is 4.79 Å². The summed E-state index contributed by atoms with van der Waals surface area (Å²) in [6.45, 7) is -1.73. The summed E-state index contributed by atoms with van der Waals surface area (Å²) in [5, 5.41) is 2.56. The van der Waals surface area contributed by atoms with Gasteiger partial charge in [0.2, 0.25) is 0 Å². The molecule has 2 aromatic carbocycles. The van der Waals surface area contributed by atoms with Gasteiger partial charge in [-0.1, -0.05) is 6.07 Å². The Morgan fingerprint density at radius 1 is 1.11 bits per heavy atom. The third kappa shape index (κ3) is 6.11. The molecule has 2 rings (SSSR count). The number of hydrogen-bond donors (Lipinski definition) is 1. The van der Waals surface area contributed by atoms with Gasteiger partial charge in [0.15, 0.2) is 18.1 Å². The molecule has 0 saturated carbocycles. The minimum absolute atomic E-state index is 0.0271. The first-order valence-electron chi connectivity index (χ1n) is 8.25. The third-order valence-electron chi connectivity index (χ3n) is 3.38. The highest BCUT2D eigenvalue weighted by molar-refractivity contribution is 5.95. The topological polar surface area (TPSA) is 83.1 Å². The van der Waals surface area contributed by atoms with Crippen molar-refractivity contribution < 1.29 is 37.3 Å². The molecule has 0 atom stereocenters. The molecule has 9 heteroatoms. The highest BCUT2D eigenvalue weighted by atomic mass is 19.3. The van der Waals surface area contributed by atoms with Crippen molar-refractivity contribution in [2.24, 2.45) is 0 Å². The Kier molecular flexibility index (Phi) is 7.55. The SMILES string of the molecule is CCOc1cc(C(=O)OCC(=O)Nc2cccc(OC)c2)ccc1OC(F)F. The summed E-state index contributed by atoms with van der Waals surface area (Å²) in [5.74, 6) is -1.04. The van der Waals surface area contributed by atoms with Gasteiger partial charge >= 0.3 is 12.6 Å². The lowest BCUT2D eigenvalue weighted by Crippen LogP contribution is -2.21. The summed E-state index contributed by atoms with van der Waals surface area (Å²) in [5.41, 5.74) is 0.506. The monoisotopic (exact) mass is 395 g/mol. The molecule has 0 unspecified atom stereocenters. The van der Waals surface area contributed by atoms with Gasteiger partial charge in [0.05, 0.1) is 19.3 Å². The first kappa shape index (κ1) is 20.9. The van der Waals surface area contributed by atoms with Crippen LogP contribution in [0.3, 0.4) is 0 Å². The maximum absolute atomic E-state index is 12.4. The second kappa shape index (κ2) is 10.1. The van der Waals surface area contributed by atoms with E-state index in [9.17, 15) is 18.4 Å². The summed E-state index contributed by atoms with van der Waals surface area (Å²) in [4.78, 5) is 24.1. The van der Waals surface area contributed by atoms with Gasteiger partial charge in [-0.15, -0.1) is 0 Å². The fourth-order valence-electron chi connectivity index (χ4n) is 2.21. The van der Waals surface area contributed by atoms with Crippen LogP contribution in [0.4, 0.5) is 14.5 Å². The van der Waals surface area contributed by atoms with E-state index in [1.54, 1.807) is 31.2 Å². The number of carbonyl (C=O) groups is 2. The van der Waals surface area contributed by atoms with Crippen LogP contribution in [-0.4, -0.2) is 38.8 Å². The van der Waals surface area contributed by atoms with Gasteiger partial charge < -0.3 is 24.3 Å². The Labute approximate surface area is 160 Å². The van der Waals surface area contributed by atoms with Gasteiger partial charge in [-0.2, -0.15) is 8.78 Å². The number of nitrogens with one attached hydrogen (secondary N) is 1. The quantitative estimate of drug-likeness (QED) is 0.655. The highest BCUT2D eigenvalue weighted by Gasteiger charge is 2.16. The Bertz CT molecular complexity index is 828. The number of hydrogen-bond acceptors (Lipinski definition) is 6. The number of anilines is 1. The van der Waals surface area contributed by atoms with E-state index >= 15 is 0 Å². The predicted molar refractivity (Wildman–Crippen MR) is 96.1 cm³/mol. The van der Waals surface area contributed by atoms with Crippen molar-refractivity contribution in [1.82, 2.24) is 0 Å². The van der Waals surface area contributed by atoms with Crippen LogP contribution in [0, 0.1) is 0 Å². The van der Waals surface area contributed by atoms with Crippen LogP contribution in [-0.2, 0) is 9.53 Å². The number of amides is 1. The number of ether oxygens (including phenoxy) is 4. The Morgan fingerprint density at radius 3 is 2.57 bits per heavy atom. The zero-order valence-electron chi connectivity index (χ0n) is 15.2. The molecule has 0 aliphatic heterocycles. The van der Waals surface area contributed by atoms with Crippen molar-refractivity contribution in [3.05, 3.63) is 48.0 Å². The average molecular weight is 395 g/mol. The minimum atomic E-state index is -3.03. The molecule has 2 aromatic rings. The molecule has 0 fully saturated rings. The number of benzene rings is 2. The zero-order chi connectivity index (χ0) is 20.5. The molecule has 1 amide bonds. The molecule has 0 aliphatic carbocycles. The molecule has 0 aliphatic rings. The minimum Gasteiger partial charge on any atom is -0.497 e. The molecule has 0 aromatic heterocycles. The van der Waals surface area contributed by atoms with Crippen LogP contribution in [0.1, 0.15) is 17.3 Å². The summed E-state index contributed by atoms with van der Waals surface area (Å²) in [7, 11) is 1.50. The average Bonchev–Trinajstić information content (AvgIpc) is 2.67. The van der Waals surface area contributed by atoms with Crippen LogP contribution in [0.5, 0.6) is 17.2 Å². The molecular formula is C19H19F2NO6. The second-order valence-corrected chi connectivity index (χ2v) is 5.33. The first-order chi connectivity index (χ1) is 13.4. The lowest BCUT2D eigenvalue weighted by Gasteiger charge is -2.12. The Balaban J connectivity index is 1.97. The largest absolute Gasteiger partial charge is 0.497 e. The fraction of sp³-hybridized carbons (Fsp3) is 0.263. The van der Waals surface area contributed by atoms with Crippen LogP contribution in [0.2, 0.25) is 0 Å². The van der Waals surface area contributed by atoms with E-state index < -0.39 is 25.1 Å². The molecule has 7 nitrogen and oxygen atoms in total. The van der Waals surface area contributed by atoms with Crippen molar-refractivity contribution >= 4 is 17.6 Å². The fourth-order valence-corrected chi connectivity index (χ4v) is 2.21. The van der Waals surface area contributed by atoms with Gasteiger partial charge in [-0.3, -0.25) is 4.79 Å². The van der Waals surface area contributed by atoms with Crippen LogP contribution in [0.15, 0.2) is 42.5 Å². The van der Waals surface area contributed by atoms with Gasteiger partial charge in [0.1, 0.15) is 5.75 Å². The van der Waals surface area contributed by atoms with Crippen molar-refractivity contribution in [3.63, 3.8) is 0 Å². The van der Waals surface area contributed by atoms with E-state index in [-0.39, 0.29) is 23.7 Å². The number of halogens is 2. The van der Waals surface area contributed by atoms with E-state index in [2.05, 4.69) is 10.1 Å². The second-order valence-electron chi connectivity index (χ2n) is 5.33. The molecule has 0 saturated heterocycles. The lowest BCUT2D eigenvalue weighted by atomic mass is 10.2. The standard InChI is InChI=1S/C19H19F2NO6/c1-3-26-16-9-12(7-8-15(16)28-19(20)21)18(24)27-11-17(23)22-13-5-4-6-14(10-13)25-2/h4-10,19H,3,11H2,1-2H3,(H,22,23). The Hall–Kier alpha value is -3.36. The van der Waals surface area contributed by atoms with Gasteiger partial charge in [-0.05, 0) is 37.3 Å².